The standard InChI is InChI=1S/C15H16BrClN2S/c1-9-12(17)18-14(15(2,3)4)19-13(9)20-11-7-5-6-10(16)8-11/h5-8H,1-4H3. The summed E-state index contributed by atoms with van der Waals surface area (Å²) in [4.78, 5) is 10.2. The number of halogens is 2. The van der Waals surface area contributed by atoms with E-state index in [4.69, 9.17) is 11.6 Å². The van der Waals surface area contributed by atoms with E-state index in [9.17, 15) is 0 Å². The van der Waals surface area contributed by atoms with Crippen LogP contribution in [0.1, 0.15) is 32.2 Å². The number of hydrogen-bond acceptors (Lipinski definition) is 3. The van der Waals surface area contributed by atoms with Crippen molar-refractivity contribution in [3.05, 3.63) is 45.3 Å². The fourth-order valence-electron chi connectivity index (χ4n) is 1.55. The molecule has 0 aliphatic rings. The largest absolute Gasteiger partial charge is 0.225 e. The van der Waals surface area contributed by atoms with Crippen LogP contribution in [0.5, 0.6) is 0 Å². The SMILES string of the molecule is Cc1c(Cl)nc(C(C)(C)C)nc1Sc1cccc(Br)c1. The van der Waals surface area contributed by atoms with Gasteiger partial charge in [0.05, 0.1) is 0 Å². The summed E-state index contributed by atoms with van der Waals surface area (Å²) in [5, 5.41) is 1.44. The molecule has 0 N–H and O–H groups in total. The lowest BCUT2D eigenvalue weighted by Gasteiger charge is -2.18. The first-order valence-corrected chi connectivity index (χ1v) is 8.24. The van der Waals surface area contributed by atoms with E-state index in [0.29, 0.717) is 5.15 Å². The van der Waals surface area contributed by atoms with Crippen molar-refractivity contribution < 1.29 is 0 Å². The van der Waals surface area contributed by atoms with Gasteiger partial charge in [0.1, 0.15) is 16.0 Å². The van der Waals surface area contributed by atoms with E-state index in [2.05, 4.69) is 58.8 Å². The first-order chi connectivity index (χ1) is 9.27. The highest BCUT2D eigenvalue weighted by molar-refractivity contribution is 9.10. The van der Waals surface area contributed by atoms with Crippen molar-refractivity contribution in [2.45, 2.75) is 43.0 Å². The molecule has 2 rings (SSSR count). The molecule has 1 aromatic heterocycles. The zero-order valence-electron chi connectivity index (χ0n) is 11.9. The summed E-state index contributed by atoms with van der Waals surface area (Å²) in [6, 6.07) is 8.14. The fourth-order valence-corrected chi connectivity index (χ4v) is 3.26. The molecule has 0 radical (unpaired) electrons. The lowest BCUT2D eigenvalue weighted by molar-refractivity contribution is 0.537. The second-order valence-corrected chi connectivity index (χ2v) is 7.91. The third-order valence-corrected chi connectivity index (χ3v) is 4.66. The van der Waals surface area contributed by atoms with Crippen LogP contribution in [0.25, 0.3) is 0 Å². The highest BCUT2D eigenvalue weighted by atomic mass is 79.9. The maximum Gasteiger partial charge on any atom is 0.136 e. The number of aromatic nitrogens is 2. The summed E-state index contributed by atoms with van der Waals surface area (Å²) in [5.41, 5.74) is 0.800. The molecule has 2 nitrogen and oxygen atoms in total. The summed E-state index contributed by atoms with van der Waals surface area (Å²) in [7, 11) is 0. The molecule has 0 unspecified atom stereocenters. The molecular formula is C15H16BrClN2S. The highest BCUT2D eigenvalue weighted by Crippen LogP contribution is 2.34. The predicted octanol–water partition coefficient (Wildman–Crippen LogP) is 5.65. The van der Waals surface area contributed by atoms with Gasteiger partial charge in [-0.3, -0.25) is 0 Å². The Labute approximate surface area is 137 Å². The van der Waals surface area contributed by atoms with E-state index in [1.54, 1.807) is 11.8 Å². The van der Waals surface area contributed by atoms with E-state index in [-0.39, 0.29) is 5.41 Å². The normalized spacial score (nSPS) is 11.7. The van der Waals surface area contributed by atoms with Gasteiger partial charge in [0, 0.05) is 20.3 Å². The Kier molecular flexibility index (Phi) is 4.77. The van der Waals surface area contributed by atoms with E-state index in [1.807, 2.05) is 19.1 Å². The van der Waals surface area contributed by atoms with Crippen LogP contribution < -0.4 is 0 Å². The van der Waals surface area contributed by atoms with E-state index in [0.717, 1.165) is 25.8 Å². The maximum atomic E-state index is 6.25. The number of rotatable bonds is 2. The van der Waals surface area contributed by atoms with Crippen LogP contribution in [-0.2, 0) is 5.41 Å². The van der Waals surface area contributed by atoms with E-state index in [1.165, 1.54) is 0 Å². The van der Waals surface area contributed by atoms with Crippen LogP contribution in [-0.4, -0.2) is 9.97 Å². The molecule has 1 heterocycles. The average Bonchev–Trinajstić information content (AvgIpc) is 2.33. The molecule has 0 saturated heterocycles. The highest BCUT2D eigenvalue weighted by Gasteiger charge is 2.21. The first kappa shape index (κ1) is 15.8. The molecule has 5 heteroatoms. The molecule has 0 bridgehead atoms. The van der Waals surface area contributed by atoms with Crippen LogP contribution >= 0.6 is 39.3 Å². The Balaban J connectivity index is 2.43. The quantitative estimate of drug-likeness (QED) is 0.638. The van der Waals surface area contributed by atoms with Crippen molar-refractivity contribution in [1.82, 2.24) is 9.97 Å². The van der Waals surface area contributed by atoms with Gasteiger partial charge in [-0.25, -0.2) is 9.97 Å². The second-order valence-electron chi connectivity index (χ2n) is 5.58. The minimum absolute atomic E-state index is 0.121. The van der Waals surface area contributed by atoms with Crippen LogP contribution in [0.3, 0.4) is 0 Å². The second kappa shape index (κ2) is 6.04. The molecule has 1 aromatic carbocycles. The van der Waals surface area contributed by atoms with Gasteiger partial charge in [-0.15, -0.1) is 0 Å². The Hall–Kier alpha value is -0.580. The number of benzene rings is 1. The van der Waals surface area contributed by atoms with Crippen molar-refractivity contribution in [3.8, 4) is 0 Å². The monoisotopic (exact) mass is 370 g/mol. The third-order valence-electron chi connectivity index (χ3n) is 2.72. The molecule has 0 aliphatic heterocycles. The van der Waals surface area contributed by atoms with Crippen molar-refractivity contribution >= 4 is 39.3 Å². The van der Waals surface area contributed by atoms with Crippen LogP contribution in [0.2, 0.25) is 5.15 Å². The molecule has 20 heavy (non-hydrogen) atoms. The Morgan fingerprint density at radius 3 is 2.50 bits per heavy atom. The van der Waals surface area contributed by atoms with Crippen LogP contribution in [0.4, 0.5) is 0 Å². The number of nitrogens with zero attached hydrogens (tertiary/aromatic N) is 2. The van der Waals surface area contributed by atoms with Gasteiger partial charge in [0.2, 0.25) is 0 Å². The Bertz CT molecular complexity index is 638. The summed E-state index contributed by atoms with van der Waals surface area (Å²) < 4.78 is 1.05. The van der Waals surface area contributed by atoms with Gasteiger partial charge >= 0.3 is 0 Å². The van der Waals surface area contributed by atoms with E-state index >= 15 is 0 Å². The van der Waals surface area contributed by atoms with Crippen molar-refractivity contribution in [2.75, 3.05) is 0 Å². The summed E-state index contributed by atoms with van der Waals surface area (Å²) >= 11 is 11.3. The van der Waals surface area contributed by atoms with Crippen LogP contribution in [0.15, 0.2) is 38.7 Å². The first-order valence-electron chi connectivity index (χ1n) is 6.25. The molecule has 0 atom stereocenters. The average molecular weight is 372 g/mol. The third kappa shape index (κ3) is 3.74. The minimum atomic E-state index is -0.121. The molecule has 0 saturated carbocycles. The summed E-state index contributed by atoms with van der Waals surface area (Å²) in [6.07, 6.45) is 0. The van der Waals surface area contributed by atoms with Crippen molar-refractivity contribution in [2.24, 2.45) is 0 Å². The summed E-state index contributed by atoms with van der Waals surface area (Å²) in [6.45, 7) is 8.21. The van der Waals surface area contributed by atoms with Gasteiger partial charge in [-0.2, -0.15) is 0 Å². The molecule has 0 fully saturated rings. The topological polar surface area (TPSA) is 25.8 Å². The molecule has 0 aliphatic carbocycles. The lowest BCUT2D eigenvalue weighted by atomic mass is 9.96. The molecule has 2 aromatic rings. The van der Waals surface area contributed by atoms with Gasteiger partial charge < -0.3 is 0 Å². The zero-order chi connectivity index (χ0) is 14.9. The predicted molar refractivity (Wildman–Crippen MR) is 88.7 cm³/mol. The minimum Gasteiger partial charge on any atom is -0.225 e. The fraction of sp³-hybridized carbons (Fsp3) is 0.333. The van der Waals surface area contributed by atoms with Crippen molar-refractivity contribution in [1.29, 1.82) is 0 Å². The molecule has 0 spiro atoms. The molecule has 0 amide bonds. The molecular weight excluding hydrogens is 356 g/mol. The maximum absolute atomic E-state index is 6.25. The van der Waals surface area contributed by atoms with Crippen LogP contribution in [0, 0.1) is 6.92 Å². The summed E-state index contributed by atoms with van der Waals surface area (Å²) in [5.74, 6) is 0.769. The van der Waals surface area contributed by atoms with Crippen molar-refractivity contribution in [3.63, 3.8) is 0 Å². The van der Waals surface area contributed by atoms with E-state index < -0.39 is 0 Å². The smallest absolute Gasteiger partial charge is 0.136 e. The molecule has 106 valence electrons. The van der Waals surface area contributed by atoms with Gasteiger partial charge in [-0.1, -0.05) is 66.1 Å². The Morgan fingerprint density at radius 1 is 1.20 bits per heavy atom. The van der Waals surface area contributed by atoms with Gasteiger partial charge in [0.25, 0.3) is 0 Å². The lowest BCUT2D eigenvalue weighted by Crippen LogP contribution is -2.17. The van der Waals surface area contributed by atoms with Gasteiger partial charge in [0.15, 0.2) is 0 Å². The zero-order valence-corrected chi connectivity index (χ0v) is 15.0. The number of hydrogen-bond donors (Lipinski definition) is 0. The Morgan fingerprint density at radius 2 is 1.90 bits per heavy atom. The van der Waals surface area contributed by atoms with Gasteiger partial charge in [-0.05, 0) is 25.1 Å².